The summed E-state index contributed by atoms with van der Waals surface area (Å²) >= 11 is 5.72. The van der Waals surface area contributed by atoms with Gasteiger partial charge in [0.25, 0.3) is 0 Å². The third kappa shape index (κ3) is 3.88. The molecule has 3 nitrogen and oxygen atoms in total. The van der Waals surface area contributed by atoms with E-state index in [0.29, 0.717) is 16.8 Å². The van der Waals surface area contributed by atoms with Gasteiger partial charge in [-0.1, -0.05) is 24.4 Å². The zero-order valence-corrected chi connectivity index (χ0v) is 10.8. The fourth-order valence-corrected chi connectivity index (χ4v) is 2.41. The Kier molecular flexibility index (Phi) is 4.42. The highest BCUT2D eigenvalue weighted by atomic mass is 35.5. The van der Waals surface area contributed by atoms with Gasteiger partial charge in [-0.25, -0.2) is 4.39 Å². The van der Waals surface area contributed by atoms with Crippen LogP contribution in [0.1, 0.15) is 25.7 Å². The van der Waals surface area contributed by atoms with E-state index in [1.54, 1.807) is 6.07 Å². The molecule has 0 radical (unpaired) electrons. The molecule has 1 amide bonds. The van der Waals surface area contributed by atoms with Gasteiger partial charge in [-0.05, 0) is 31.0 Å². The van der Waals surface area contributed by atoms with Crippen LogP contribution in [-0.4, -0.2) is 18.5 Å². The van der Waals surface area contributed by atoms with Crippen LogP contribution >= 0.6 is 11.6 Å². The minimum absolute atomic E-state index is 0.0673. The molecule has 0 heterocycles. The van der Waals surface area contributed by atoms with Gasteiger partial charge in [0.05, 0.1) is 6.54 Å². The molecule has 18 heavy (non-hydrogen) atoms. The van der Waals surface area contributed by atoms with Crippen molar-refractivity contribution in [3.8, 4) is 0 Å². The predicted molar refractivity (Wildman–Crippen MR) is 70.3 cm³/mol. The summed E-state index contributed by atoms with van der Waals surface area (Å²) in [6.07, 6.45) is 4.46. The van der Waals surface area contributed by atoms with E-state index < -0.39 is 5.82 Å². The number of benzene rings is 1. The maximum atomic E-state index is 13.1. The van der Waals surface area contributed by atoms with Crippen LogP contribution in [-0.2, 0) is 4.79 Å². The summed E-state index contributed by atoms with van der Waals surface area (Å²) in [6.45, 7) is 0.135. The van der Waals surface area contributed by atoms with Crippen LogP contribution in [0.4, 0.5) is 10.1 Å². The van der Waals surface area contributed by atoms with Gasteiger partial charge in [0.1, 0.15) is 5.82 Å². The molecular formula is C13H16ClFN2O. The fraction of sp³-hybridized carbons (Fsp3) is 0.462. The smallest absolute Gasteiger partial charge is 0.239 e. The second kappa shape index (κ2) is 6.05. The van der Waals surface area contributed by atoms with Gasteiger partial charge in [-0.3, -0.25) is 4.79 Å². The van der Waals surface area contributed by atoms with E-state index in [2.05, 4.69) is 10.6 Å². The first-order chi connectivity index (χ1) is 8.63. The first-order valence-electron chi connectivity index (χ1n) is 6.13. The molecule has 1 fully saturated rings. The Balaban J connectivity index is 1.81. The van der Waals surface area contributed by atoms with Crippen LogP contribution < -0.4 is 10.6 Å². The first kappa shape index (κ1) is 13.1. The molecule has 5 heteroatoms. The first-order valence-corrected chi connectivity index (χ1v) is 6.50. The van der Waals surface area contributed by atoms with Crippen molar-refractivity contribution >= 4 is 23.2 Å². The Bertz CT molecular complexity index is 413. The van der Waals surface area contributed by atoms with Crippen LogP contribution in [0.5, 0.6) is 0 Å². The molecule has 2 rings (SSSR count). The van der Waals surface area contributed by atoms with Crippen molar-refractivity contribution in [2.45, 2.75) is 31.7 Å². The quantitative estimate of drug-likeness (QED) is 0.883. The molecule has 1 aromatic carbocycles. The molecule has 0 spiro atoms. The zero-order valence-electron chi connectivity index (χ0n) is 10.0. The summed E-state index contributed by atoms with van der Waals surface area (Å²) in [5.41, 5.74) is 0.515. The van der Waals surface area contributed by atoms with Crippen molar-refractivity contribution < 1.29 is 9.18 Å². The second-order valence-corrected chi connectivity index (χ2v) is 5.00. The Morgan fingerprint density at radius 3 is 2.72 bits per heavy atom. The van der Waals surface area contributed by atoms with Gasteiger partial charge in [0.2, 0.25) is 5.91 Å². The molecule has 1 aromatic rings. The predicted octanol–water partition coefficient (Wildman–Crippen LogP) is 2.95. The summed E-state index contributed by atoms with van der Waals surface area (Å²) in [7, 11) is 0. The number of rotatable bonds is 4. The number of carbonyl (C=O) groups is 1. The zero-order chi connectivity index (χ0) is 13.0. The highest BCUT2D eigenvalue weighted by Gasteiger charge is 2.16. The van der Waals surface area contributed by atoms with Crippen molar-refractivity contribution in [3.63, 3.8) is 0 Å². The van der Waals surface area contributed by atoms with Gasteiger partial charge in [-0.15, -0.1) is 0 Å². The summed E-state index contributed by atoms with van der Waals surface area (Å²) < 4.78 is 13.1. The largest absolute Gasteiger partial charge is 0.376 e. The van der Waals surface area contributed by atoms with Crippen LogP contribution in [0.15, 0.2) is 18.2 Å². The average Bonchev–Trinajstić information content (AvgIpc) is 2.78. The SMILES string of the molecule is O=C(CNc1cc(F)cc(Cl)c1)NC1CCCC1. The lowest BCUT2D eigenvalue weighted by atomic mass is 10.2. The van der Waals surface area contributed by atoms with Crippen LogP contribution in [0.25, 0.3) is 0 Å². The molecule has 2 N–H and O–H groups in total. The maximum Gasteiger partial charge on any atom is 0.239 e. The van der Waals surface area contributed by atoms with Crippen molar-refractivity contribution in [3.05, 3.63) is 29.0 Å². The molecule has 1 saturated carbocycles. The van der Waals surface area contributed by atoms with Crippen LogP contribution in [0.2, 0.25) is 5.02 Å². The number of halogens is 2. The van der Waals surface area contributed by atoms with Crippen LogP contribution in [0.3, 0.4) is 0 Å². The van der Waals surface area contributed by atoms with E-state index in [1.165, 1.54) is 25.0 Å². The van der Waals surface area contributed by atoms with Gasteiger partial charge >= 0.3 is 0 Å². The molecule has 0 atom stereocenters. The summed E-state index contributed by atoms with van der Waals surface area (Å²) in [6, 6.07) is 4.43. The number of hydrogen-bond acceptors (Lipinski definition) is 2. The van der Waals surface area contributed by atoms with Gasteiger partial charge in [0, 0.05) is 16.8 Å². The third-order valence-electron chi connectivity index (χ3n) is 3.04. The molecule has 0 bridgehead atoms. The van der Waals surface area contributed by atoms with Gasteiger partial charge < -0.3 is 10.6 Å². The molecule has 1 aliphatic carbocycles. The molecule has 1 aliphatic rings. The molecule has 0 aromatic heterocycles. The number of hydrogen-bond donors (Lipinski definition) is 2. The summed E-state index contributed by atoms with van der Waals surface area (Å²) in [5.74, 6) is -0.483. The number of anilines is 1. The molecule has 0 saturated heterocycles. The Morgan fingerprint density at radius 2 is 2.06 bits per heavy atom. The maximum absolute atomic E-state index is 13.1. The van der Waals surface area contributed by atoms with Crippen molar-refractivity contribution in [1.29, 1.82) is 0 Å². The minimum atomic E-state index is -0.416. The highest BCUT2D eigenvalue weighted by Crippen LogP contribution is 2.18. The Hall–Kier alpha value is -1.29. The average molecular weight is 271 g/mol. The van der Waals surface area contributed by atoms with Crippen LogP contribution in [0, 0.1) is 5.82 Å². The lowest BCUT2D eigenvalue weighted by Crippen LogP contribution is -2.36. The van der Waals surface area contributed by atoms with E-state index >= 15 is 0 Å². The standard InChI is InChI=1S/C13H16ClFN2O/c14-9-5-10(15)7-12(6-9)16-8-13(18)17-11-3-1-2-4-11/h5-7,11,16H,1-4,8H2,(H,17,18). The molecule has 0 unspecified atom stereocenters. The lowest BCUT2D eigenvalue weighted by molar-refractivity contribution is -0.120. The highest BCUT2D eigenvalue weighted by molar-refractivity contribution is 6.30. The number of amides is 1. The van der Waals surface area contributed by atoms with E-state index in [1.807, 2.05) is 0 Å². The van der Waals surface area contributed by atoms with Crippen molar-refractivity contribution in [2.24, 2.45) is 0 Å². The van der Waals surface area contributed by atoms with E-state index in [4.69, 9.17) is 11.6 Å². The Morgan fingerprint density at radius 1 is 1.33 bits per heavy atom. The molecule has 98 valence electrons. The number of nitrogens with one attached hydrogen (secondary N) is 2. The van der Waals surface area contributed by atoms with E-state index in [9.17, 15) is 9.18 Å². The summed E-state index contributed by atoms with van der Waals surface area (Å²) in [5, 5.41) is 6.13. The van der Waals surface area contributed by atoms with Gasteiger partial charge in [-0.2, -0.15) is 0 Å². The minimum Gasteiger partial charge on any atom is -0.376 e. The molecule has 0 aliphatic heterocycles. The second-order valence-electron chi connectivity index (χ2n) is 4.56. The third-order valence-corrected chi connectivity index (χ3v) is 3.25. The topological polar surface area (TPSA) is 41.1 Å². The normalized spacial score (nSPS) is 15.7. The van der Waals surface area contributed by atoms with E-state index in [-0.39, 0.29) is 12.5 Å². The van der Waals surface area contributed by atoms with Crippen molar-refractivity contribution in [2.75, 3.05) is 11.9 Å². The summed E-state index contributed by atoms with van der Waals surface area (Å²) in [4.78, 5) is 11.6. The lowest BCUT2D eigenvalue weighted by Gasteiger charge is -2.13. The molecular weight excluding hydrogens is 255 g/mol. The fourth-order valence-electron chi connectivity index (χ4n) is 2.19. The van der Waals surface area contributed by atoms with E-state index in [0.717, 1.165) is 12.8 Å². The van der Waals surface area contributed by atoms with Gasteiger partial charge in [0.15, 0.2) is 0 Å². The van der Waals surface area contributed by atoms with Crippen molar-refractivity contribution in [1.82, 2.24) is 5.32 Å². The Labute approximate surface area is 111 Å². The monoisotopic (exact) mass is 270 g/mol. The number of carbonyl (C=O) groups excluding carboxylic acids is 1.